The van der Waals surface area contributed by atoms with Gasteiger partial charge in [0.1, 0.15) is 0 Å². The van der Waals surface area contributed by atoms with Crippen molar-refractivity contribution < 1.29 is 44.6 Å². The van der Waals surface area contributed by atoms with Crippen molar-refractivity contribution in [3.63, 3.8) is 0 Å². The molecule has 0 aromatic carbocycles. The normalized spacial score (nSPS) is 11.1. The second kappa shape index (κ2) is 43.4. The van der Waals surface area contributed by atoms with Crippen molar-refractivity contribution in [2.45, 2.75) is 194 Å². The summed E-state index contributed by atoms with van der Waals surface area (Å²) in [6, 6.07) is 0. The van der Waals surface area contributed by atoms with Crippen molar-refractivity contribution in [2.24, 2.45) is 0 Å². The van der Waals surface area contributed by atoms with E-state index < -0.39 is 5.97 Å². The van der Waals surface area contributed by atoms with Crippen LogP contribution in [0.4, 0.5) is 0 Å². The largest absolute Gasteiger partial charge is 1.00 e. The molecule has 3 nitrogen and oxygen atoms in total. The molecular weight excluding hydrogens is 503 g/mol. The van der Waals surface area contributed by atoms with Gasteiger partial charge in [-0.3, -0.25) is 0 Å². The van der Waals surface area contributed by atoms with Gasteiger partial charge in [0.25, 0.3) is 0 Å². The van der Waals surface area contributed by atoms with E-state index in [1.807, 2.05) is 0 Å². The first-order valence-corrected chi connectivity index (χ1v) is 17.3. The van der Waals surface area contributed by atoms with E-state index in [0.717, 1.165) is 25.7 Å². The predicted octanol–water partition coefficient (Wildman–Crippen LogP) is 7.79. The van der Waals surface area contributed by atoms with E-state index in [-0.39, 0.29) is 36.0 Å². The third-order valence-corrected chi connectivity index (χ3v) is 7.31. The first kappa shape index (κ1) is 44.4. The maximum Gasteiger partial charge on any atom is 1.00 e. The molecule has 0 aromatic heterocycles. The van der Waals surface area contributed by atoms with E-state index in [9.17, 15) is 9.90 Å². The van der Waals surface area contributed by atoms with E-state index >= 15 is 0 Å². The fourth-order valence-electron chi connectivity index (χ4n) is 4.70. The molecule has 0 radical (unpaired) electrons. The van der Waals surface area contributed by atoms with Gasteiger partial charge in [-0.1, -0.05) is 147 Å². The number of carboxylic acids is 1. The number of hydrogen-bond donors (Lipinski definition) is 1. The summed E-state index contributed by atoms with van der Waals surface area (Å²) in [5.74, 6) is -0.914. The van der Waals surface area contributed by atoms with Crippen LogP contribution in [0.5, 0.6) is 0 Å². The van der Waals surface area contributed by atoms with Gasteiger partial charge in [0.2, 0.25) is 0 Å². The van der Waals surface area contributed by atoms with Crippen molar-refractivity contribution >= 4 is 5.97 Å². The first-order valence-electron chi connectivity index (χ1n) is 17.3. The van der Waals surface area contributed by atoms with E-state index in [0.29, 0.717) is 6.61 Å². The van der Waals surface area contributed by atoms with Gasteiger partial charge in [-0.05, 0) is 70.6 Å². The fraction of sp³-hybridized carbons (Fsp3) is 0.861. The minimum absolute atomic E-state index is 0. The van der Waals surface area contributed by atoms with Gasteiger partial charge in [0.05, 0.1) is 0 Å². The van der Waals surface area contributed by atoms with Crippen LogP contribution in [0.3, 0.4) is 0 Å². The van der Waals surface area contributed by atoms with Crippen LogP contribution < -0.4 is 34.7 Å². The standard InChI is InChI=1S/C18H34O2.C18H36O.Na/c1-2-3-4-5-6-7-8-9-10-11-12-13-14-15-16-17-18(19)20;1-2-3-4-5-6-7-8-9-10-11-12-13-14-15-16-17-18-19;/h9-10H,2-8,11-17H2,1H3,(H,19,20);9-10,19H,2-8,11-18H2,1H3;/q;;+1/p-1/b2*10-9-;. The summed E-state index contributed by atoms with van der Waals surface area (Å²) in [6.45, 7) is 4.89. The molecular formula is C36H69NaO3. The number of unbranched alkanes of at least 4 members (excludes halogenated alkanes) is 23. The molecule has 0 saturated carbocycles. The van der Waals surface area contributed by atoms with E-state index in [1.54, 1.807) is 0 Å². The Morgan fingerprint density at radius 1 is 0.475 bits per heavy atom. The Labute approximate surface area is 273 Å². The molecule has 4 heteroatoms. The Morgan fingerprint density at radius 3 is 1.05 bits per heavy atom. The SMILES string of the molecule is CCCCCCCC/C=C\CCCCCCCC(=O)[O-].CCCCCCCC/C=C\CCCCCCCCO.[Na+]. The van der Waals surface area contributed by atoms with Gasteiger partial charge in [0.15, 0.2) is 0 Å². The van der Waals surface area contributed by atoms with Gasteiger partial charge < -0.3 is 15.0 Å². The Hall–Kier alpha value is -0.0900. The number of allylic oxidation sites excluding steroid dienone is 4. The number of carbonyl (C=O) groups excluding carboxylic acids is 1. The summed E-state index contributed by atoms with van der Waals surface area (Å²) < 4.78 is 0. The summed E-state index contributed by atoms with van der Waals surface area (Å²) in [7, 11) is 0. The molecule has 0 fully saturated rings. The Morgan fingerprint density at radius 2 is 0.750 bits per heavy atom. The molecule has 40 heavy (non-hydrogen) atoms. The minimum atomic E-state index is -0.914. The van der Waals surface area contributed by atoms with E-state index in [2.05, 4.69) is 38.2 Å². The molecule has 0 amide bonds. The van der Waals surface area contributed by atoms with Gasteiger partial charge in [-0.2, -0.15) is 0 Å². The fourth-order valence-corrected chi connectivity index (χ4v) is 4.70. The number of carboxylic acid groups (broad SMARTS) is 1. The van der Waals surface area contributed by atoms with Crippen LogP contribution in [-0.2, 0) is 4.79 Å². The molecule has 1 N–H and O–H groups in total. The number of aliphatic hydroxyl groups is 1. The second-order valence-corrected chi connectivity index (χ2v) is 11.4. The average molecular weight is 573 g/mol. The van der Waals surface area contributed by atoms with Crippen LogP contribution >= 0.6 is 0 Å². The Bertz CT molecular complexity index is 504. The van der Waals surface area contributed by atoms with Crippen LogP contribution in [0.1, 0.15) is 194 Å². The van der Waals surface area contributed by atoms with E-state index in [4.69, 9.17) is 5.11 Å². The van der Waals surface area contributed by atoms with Crippen LogP contribution in [0.25, 0.3) is 0 Å². The Balaban J connectivity index is -0.000000669. The van der Waals surface area contributed by atoms with Gasteiger partial charge in [0, 0.05) is 12.6 Å². The molecule has 0 atom stereocenters. The summed E-state index contributed by atoms with van der Waals surface area (Å²) in [5, 5.41) is 18.9. The maximum atomic E-state index is 10.2. The molecule has 0 aliphatic heterocycles. The summed E-state index contributed by atoms with van der Waals surface area (Å²) in [6.07, 6.45) is 44.1. The summed E-state index contributed by atoms with van der Waals surface area (Å²) in [5.41, 5.74) is 0. The second-order valence-electron chi connectivity index (χ2n) is 11.4. The molecule has 0 spiro atoms. The molecule has 232 valence electrons. The third-order valence-electron chi connectivity index (χ3n) is 7.31. The molecule has 0 bridgehead atoms. The van der Waals surface area contributed by atoms with E-state index in [1.165, 1.54) is 148 Å². The van der Waals surface area contributed by atoms with Crippen molar-refractivity contribution in [1.82, 2.24) is 0 Å². The predicted molar refractivity (Wildman–Crippen MR) is 171 cm³/mol. The summed E-state index contributed by atoms with van der Waals surface area (Å²) in [4.78, 5) is 10.2. The Kier molecular flexibility index (Phi) is 48.1. The van der Waals surface area contributed by atoms with Crippen LogP contribution in [0.2, 0.25) is 0 Å². The zero-order valence-corrected chi connectivity index (χ0v) is 29.6. The van der Waals surface area contributed by atoms with Crippen LogP contribution in [0.15, 0.2) is 24.3 Å². The molecule has 0 heterocycles. The molecule has 0 saturated heterocycles. The maximum absolute atomic E-state index is 10.2. The molecule has 0 unspecified atom stereocenters. The van der Waals surface area contributed by atoms with Crippen LogP contribution in [0, 0.1) is 0 Å². The molecule has 0 aliphatic rings. The topological polar surface area (TPSA) is 60.4 Å². The molecule has 0 aromatic rings. The number of aliphatic carboxylic acids is 1. The number of hydrogen-bond acceptors (Lipinski definition) is 3. The summed E-state index contributed by atoms with van der Waals surface area (Å²) >= 11 is 0. The number of carbonyl (C=O) groups is 1. The zero-order chi connectivity index (χ0) is 28.9. The van der Waals surface area contributed by atoms with Crippen LogP contribution in [-0.4, -0.2) is 17.7 Å². The van der Waals surface area contributed by atoms with Gasteiger partial charge in [-0.25, -0.2) is 0 Å². The smallest absolute Gasteiger partial charge is 0.550 e. The zero-order valence-electron chi connectivity index (χ0n) is 27.6. The first-order chi connectivity index (χ1) is 19.2. The van der Waals surface area contributed by atoms with Gasteiger partial charge in [-0.15, -0.1) is 0 Å². The average Bonchev–Trinajstić information content (AvgIpc) is 2.93. The monoisotopic (exact) mass is 573 g/mol. The third kappa shape index (κ3) is 47.7. The minimum Gasteiger partial charge on any atom is -0.550 e. The van der Waals surface area contributed by atoms with Crippen molar-refractivity contribution in [1.29, 1.82) is 0 Å². The molecule has 0 aliphatic carbocycles. The van der Waals surface area contributed by atoms with Crippen molar-refractivity contribution in [3.8, 4) is 0 Å². The number of rotatable bonds is 30. The molecule has 0 rings (SSSR count). The number of aliphatic hydroxyl groups excluding tert-OH is 1. The van der Waals surface area contributed by atoms with Crippen molar-refractivity contribution in [3.05, 3.63) is 24.3 Å². The quantitative estimate of drug-likeness (QED) is 0.0543. The van der Waals surface area contributed by atoms with Crippen molar-refractivity contribution in [2.75, 3.05) is 6.61 Å². The van der Waals surface area contributed by atoms with Gasteiger partial charge >= 0.3 is 29.6 Å².